The third-order valence-electron chi connectivity index (χ3n) is 3.19. The van der Waals surface area contributed by atoms with E-state index >= 15 is 0 Å². The maximum absolute atomic E-state index is 10.2. The third kappa shape index (κ3) is 4.18. The average Bonchev–Trinajstić information content (AvgIpc) is 2.90. The molecule has 0 amide bonds. The molecule has 0 saturated heterocycles. The van der Waals surface area contributed by atoms with Crippen molar-refractivity contribution < 1.29 is 5.11 Å². The Balaban J connectivity index is 2.08. The molecular weight excluding hydrogens is 609 g/mol. The number of aromatic hydroxyl groups is 1. The molecule has 0 spiro atoms. The van der Waals surface area contributed by atoms with E-state index in [9.17, 15) is 5.11 Å². The van der Waals surface area contributed by atoms with Gasteiger partial charge in [-0.2, -0.15) is 14.9 Å². The number of rotatable bonds is 3. The van der Waals surface area contributed by atoms with Gasteiger partial charge in [-0.05, 0) is 87.7 Å². The summed E-state index contributed by atoms with van der Waals surface area (Å²) in [4.78, 5) is 0. The molecule has 5 nitrogen and oxygen atoms in total. The Hall–Kier alpha value is -0.690. The Labute approximate surface area is 185 Å². The number of halogens is 4. The average molecular weight is 617 g/mol. The van der Waals surface area contributed by atoms with Gasteiger partial charge in [-0.1, -0.05) is 23.2 Å². The van der Waals surface area contributed by atoms with E-state index in [0.29, 0.717) is 31.8 Å². The number of benzene rings is 2. The molecule has 0 unspecified atom stereocenters. The highest BCUT2D eigenvalue weighted by atomic mass is 127. The summed E-state index contributed by atoms with van der Waals surface area (Å²) in [5.74, 6) is 0.605. The number of nitrogens with zero attached hydrogens (tertiary/aromatic N) is 3. The van der Waals surface area contributed by atoms with E-state index in [0.717, 1.165) is 7.14 Å². The summed E-state index contributed by atoms with van der Waals surface area (Å²) in [5, 5.41) is 22.4. The fraction of sp³-hybridized carbons (Fsp3) is 0. The van der Waals surface area contributed by atoms with Crippen LogP contribution in [0.15, 0.2) is 35.4 Å². The molecule has 0 atom stereocenters. The zero-order chi connectivity index (χ0) is 18.1. The van der Waals surface area contributed by atoms with E-state index < -0.39 is 0 Å². The predicted octanol–water partition coefficient (Wildman–Crippen LogP) is 5.71. The summed E-state index contributed by atoms with van der Waals surface area (Å²) in [5.41, 5.74) is 1.21. The first-order chi connectivity index (χ1) is 11.9. The summed E-state index contributed by atoms with van der Waals surface area (Å²) in [6.45, 7) is 0. The van der Waals surface area contributed by atoms with E-state index in [1.165, 1.54) is 10.9 Å². The van der Waals surface area contributed by atoms with Gasteiger partial charge in [0.25, 0.3) is 0 Å². The standard InChI is InChI=1S/C15H8Cl2I2N4OS/c16-8-1-2-10(11(17)4-8)14-21-22-15(25)23(14)20-6-7-3-9(18)5-12(19)13(7)24/h1-6,24H,(H,22,25)/b20-6+. The number of phenolic OH excluding ortho intramolecular Hbond substituents is 1. The first-order valence-corrected chi connectivity index (χ1v) is 10.0. The maximum atomic E-state index is 10.2. The second-order valence-electron chi connectivity index (χ2n) is 4.86. The van der Waals surface area contributed by atoms with Crippen LogP contribution in [0.1, 0.15) is 5.56 Å². The van der Waals surface area contributed by atoms with Crippen LogP contribution < -0.4 is 0 Å². The highest BCUT2D eigenvalue weighted by Gasteiger charge is 2.13. The lowest BCUT2D eigenvalue weighted by molar-refractivity contribution is 0.470. The van der Waals surface area contributed by atoms with Crippen LogP contribution >= 0.6 is 80.6 Å². The molecule has 2 aromatic carbocycles. The van der Waals surface area contributed by atoms with Gasteiger partial charge in [0.1, 0.15) is 5.75 Å². The first-order valence-electron chi connectivity index (χ1n) is 6.72. The quantitative estimate of drug-likeness (QED) is 0.225. The summed E-state index contributed by atoms with van der Waals surface area (Å²) in [6, 6.07) is 8.77. The normalized spacial score (nSPS) is 11.4. The molecule has 3 aromatic rings. The molecule has 2 N–H and O–H groups in total. The summed E-state index contributed by atoms with van der Waals surface area (Å²) in [6.07, 6.45) is 1.53. The number of hydrogen-bond donors (Lipinski definition) is 2. The van der Waals surface area contributed by atoms with Crippen molar-refractivity contribution in [1.82, 2.24) is 14.9 Å². The summed E-state index contributed by atoms with van der Waals surface area (Å²) < 4.78 is 3.47. The second kappa shape index (κ2) is 7.91. The number of aromatic amines is 1. The third-order valence-corrected chi connectivity index (χ3v) is 5.45. The number of nitrogens with one attached hydrogen (secondary N) is 1. The largest absolute Gasteiger partial charge is 0.506 e. The Morgan fingerprint density at radius 3 is 2.72 bits per heavy atom. The van der Waals surface area contributed by atoms with Crippen LogP contribution in [-0.4, -0.2) is 26.2 Å². The monoisotopic (exact) mass is 616 g/mol. The molecule has 3 rings (SSSR count). The van der Waals surface area contributed by atoms with Crippen molar-refractivity contribution in [2.75, 3.05) is 0 Å². The van der Waals surface area contributed by atoms with Crippen LogP contribution in [0.5, 0.6) is 5.75 Å². The minimum Gasteiger partial charge on any atom is -0.506 e. The molecular formula is C15H8Cl2I2N4OS. The molecule has 1 aromatic heterocycles. The van der Waals surface area contributed by atoms with Gasteiger partial charge in [-0.3, -0.25) is 0 Å². The molecule has 0 radical (unpaired) electrons. The van der Waals surface area contributed by atoms with Crippen LogP contribution in [0, 0.1) is 11.9 Å². The van der Waals surface area contributed by atoms with Gasteiger partial charge < -0.3 is 5.11 Å². The van der Waals surface area contributed by atoms with Crippen LogP contribution in [-0.2, 0) is 0 Å². The maximum Gasteiger partial charge on any atom is 0.216 e. The molecule has 0 saturated carbocycles. The SMILES string of the molecule is Oc1c(I)cc(I)cc1/C=N/n1c(-c2ccc(Cl)cc2Cl)n[nH]c1=S. The van der Waals surface area contributed by atoms with Crippen LogP contribution in [0.3, 0.4) is 0 Å². The summed E-state index contributed by atoms with van der Waals surface area (Å²) >= 11 is 21.7. The Kier molecular flexibility index (Phi) is 6.03. The van der Waals surface area contributed by atoms with E-state index in [-0.39, 0.29) is 5.75 Å². The highest BCUT2D eigenvalue weighted by Crippen LogP contribution is 2.29. The van der Waals surface area contributed by atoms with Gasteiger partial charge in [0.05, 0.1) is 14.8 Å². The van der Waals surface area contributed by atoms with Gasteiger partial charge in [0.2, 0.25) is 4.77 Å². The Morgan fingerprint density at radius 2 is 2.00 bits per heavy atom. The molecule has 0 aliphatic rings. The van der Waals surface area contributed by atoms with E-state index in [1.54, 1.807) is 18.2 Å². The summed E-state index contributed by atoms with van der Waals surface area (Å²) in [7, 11) is 0. The van der Waals surface area contributed by atoms with Crippen molar-refractivity contribution in [3.63, 3.8) is 0 Å². The van der Waals surface area contributed by atoms with Gasteiger partial charge in [-0.15, -0.1) is 0 Å². The lowest BCUT2D eigenvalue weighted by Crippen LogP contribution is -1.96. The van der Waals surface area contributed by atoms with E-state index in [4.69, 9.17) is 35.4 Å². The smallest absolute Gasteiger partial charge is 0.216 e. The van der Waals surface area contributed by atoms with Crippen molar-refractivity contribution in [3.8, 4) is 17.1 Å². The molecule has 0 bridgehead atoms. The number of aromatic nitrogens is 3. The van der Waals surface area contributed by atoms with E-state index in [1.807, 2.05) is 12.1 Å². The molecule has 0 fully saturated rings. The number of hydrogen-bond acceptors (Lipinski definition) is 4. The zero-order valence-electron chi connectivity index (χ0n) is 12.2. The van der Waals surface area contributed by atoms with Crippen LogP contribution in [0.2, 0.25) is 10.0 Å². The van der Waals surface area contributed by atoms with Gasteiger partial charge in [-0.25, -0.2) is 5.10 Å². The molecule has 10 heteroatoms. The molecule has 128 valence electrons. The first kappa shape index (κ1) is 19.1. The number of H-pyrrole nitrogens is 1. The fourth-order valence-electron chi connectivity index (χ4n) is 2.05. The van der Waals surface area contributed by atoms with Crippen molar-refractivity contribution in [3.05, 3.63) is 57.9 Å². The van der Waals surface area contributed by atoms with E-state index in [2.05, 4.69) is 60.5 Å². The highest BCUT2D eigenvalue weighted by molar-refractivity contribution is 14.1. The minimum absolute atomic E-state index is 0.158. The number of phenols is 1. The predicted molar refractivity (Wildman–Crippen MR) is 119 cm³/mol. The zero-order valence-corrected chi connectivity index (χ0v) is 18.8. The van der Waals surface area contributed by atoms with Crippen molar-refractivity contribution in [1.29, 1.82) is 0 Å². The Bertz CT molecular complexity index is 1050. The van der Waals surface area contributed by atoms with Crippen LogP contribution in [0.4, 0.5) is 0 Å². The van der Waals surface area contributed by atoms with Crippen LogP contribution in [0.25, 0.3) is 11.4 Å². The molecule has 0 aliphatic heterocycles. The lowest BCUT2D eigenvalue weighted by Gasteiger charge is -2.05. The molecule has 25 heavy (non-hydrogen) atoms. The second-order valence-corrected chi connectivity index (χ2v) is 8.50. The fourth-order valence-corrected chi connectivity index (χ4v) is 4.61. The lowest BCUT2D eigenvalue weighted by atomic mass is 10.2. The molecule has 0 aliphatic carbocycles. The topological polar surface area (TPSA) is 66.2 Å². The van der Waals surface area contributed by atoms with Gasteiger partial charge >= 0.3 is 0 Å². The molecule has 1 heterocycles. The Morgan fingerprint density at radius 1 is 1.24 bits per heavy atom. The minimum atomic E-state index is 0.158. The van der Waals surface area contributed by atoms with Gasteiger partial charge in [0.15, 0.2) is 5.82 Å². The van der Waals surface area contributed by atoms with Crippen molar-refractivity contribution in [2.24, 2.45) is 5.10 Å². The van der Waals surface area contributed by atoms with Crippen molar-refractivity contribution in [2.45, 2.75) is 0 Å². The van der Waals surface area contributed by atoms with Gasteiger partial charge in [0, 0.05) is 19.7 Å². The van der Waals surface area contributed by atoms with Crippen molar-refractivity contribution >= 4 is 86.8 Å².